The van der Waals surface area contributed by atoms with Crippen LogP contribution in [0, 0.1) is 19.3 Å². The summed E-state index contributed by atoms with van der Waals surface area (Å²) in [7, 11) is -3.48. The van der Waals surface area contributed by atoms with Crippen LogP contribution < -0.4 is 0 Å². The lowest BCUT2D eigenvalue weighted by Gasteiger charge is -2.20. The van der Waals surface area contributed by atoms with Gasteiger partial charge in [0, 0.05) is 6.54 Å². The Labute approximate surface area is 123 Å². The fraction of sp³-hybridized carbons (Fsp3) is 0.500. The predicted octanol–water partition coefficient (Wildman–Crippen LogP) is 3.20. The molecule has 0 aliphatic heterocycles. The van der Waals surface area contributed by atoms with Crippen molar-refractivity contribution in [3.63, 3.8) is 0 Å². The second kappa shape index (κ2) is 8.08. The number of sulfonamides is 1. The van der Waals surface area contributed by atoms with E-state index < -0.39 is 10.0 Å². The summed E-state index contributed by atoms with van der Waals surface area (Å²) in [5, 5.41) is 0. The van der Waals surface area contributed by atoms with Gasteiger partial charge in [-0.2, -0.15) is 4.31 Å². The van der Waals surface area contributed by atoms with Crippen molar-refractivity contribution in [2.24, 2.45) is 0 Å². The first-order chi connectivity index (χ1) is 9.52. The third kappa shape index (κ3) is 4.66. The van der Waals surface area contributed by atoms with Gasteiger partial charge < -0.3 is 0 Å². The summed E-state index contributed by atoms with van der Waals surface area (Å²) in [4.78, 5) is 0.314. The summed E-state index contributed by atoms with van der Waals surface area (Å²) in [5.74, 6) is 2.44. The third-order valence-corrected chi connectivity index (χ3v) is 5.05. The van der Waals surface area contributed by atoms with E-state index >= 15 is 0 Å². The van der Waals surface area contributed by atoms with Crippen molar-refractivity contribution in [3.8, 4) is 12.3 Å². The molecule has 20 heavy (non-hydrogen) atoms. The van der Waals surface area contributed by atoms with Crippen molar-refractivity contribution in [2.75, 3.05) is 13.1 Å². The van der Waals surface area contributed by atoms with Crippen molar-refractivity contribution >= 4 is 10.0 Å². The van der Waals surface area contributed by atoms with Gasteiger partial charge >= 0.3 is 0 Å². The molecule has 0 amide bonds. The van der Waals surface area contributed by atoms with Gasteiger partial charge in [-0.15, -0.1) is 6.42 Å². The first kappa shape index (κ1) is 16.7. The number of nitrogens with zero attached hydrogens (tertiary/aromatic N) is 1. The van der Waals surface area contributed by atoms with Gasteiger partial charge in [0.15, 0.2) is 0 Å². The lowest BCUT2D eigenvalue weighted by atomic mass is 10.2. The smallest absolute Gasteiger partial charge is 0.207 e. The molecule has 1 aromatic carbocycles. The molecule has 0 atom stereocenters. The molecule has 110 valence electrons. The van der Waals surface area contributed by atoms with E-state index in [1.807, 2.05) is 6.92 Å². The number of rotatable bonds is 8. The van der Waals surface area contributed by atoms with Crippen LogP contribution in [-0.4, -0.2) is 25.8 Å². The lowest BCUT2D eigenvalue weighted by Crippen LogP contribution is -2.32. The summed E-state index contributed by atoms with van der Waals surface area (Å²) in [6.45, 7) is 4.67. The molecular formula is C16H23NO2S. The van der Waals surface area contributed by atoms with Crippen LogP contribution in [0.1, 0.15) is 38.2 Å². The van der Waals surface area contributed by atoms with Gasteiger partial charge in [-0.3, -0.25) is 0 Å². The van der Waals surface area contributed by atoms with Crippen LogP contribution in [0.15, 0.2) is 29.2 Å². The van der Waals surface area contributed by atoms with Gasteiger partial charge in [-0.25, -0.2) is 8.42 Å². The maximum absolute atomic E-state index is 12.5. The molecule has 0 radical (unpaired) electrons. The molecule has 0 aliphatic carbocycles. The largest absolute Gasteiger partial charge is 0.243 e. The minimum Gasteiger partial charge on any atom is -0.207 e. The molecule has 1 aromatic rings. The van der Waals surface area contributed by atoms with E-state index in [2.05, 4.69) is 12.8 Å². The van der Waals surface area contributed by atoms with Gasteiger partial charge in [0.05, 0.1) is 11.4 Å². The number of terminal acetylenes is 1. The fourth-order valence-corrected chi connectivity index (χ4v) is 3.35. The van der Waals surface area contributed by atoms with Crippen LogP contribution in [-0.2, 0) is 10.0 Å². The van der Waals surface area contributed by atoms with Gasteiger partial charge in [0.1, 0.15) is 0 Å². The van der Waals surface area contributed by atoms with Crippen LogP contribution >= 0.6 is 0 Å². The SMILES string of the molecule is C#CCN(CCCCCC)S(=O)(=O)c1ccc(C)cc1. The van der Waals surface area contributed by atoms with E-state index in [0.29, 0.717) is 11.4 Å². The molecule has 0 heterocycles. The molecule has 0 aliphatic rings. The Kier molecular flexibility index (Phi) is 6.77. The Bertz CT molecular complexity index is 541. The predicted molar refractivity (Wildman–Crippen MR) is 82.9 cm³/mol. The number of benzene rings is 1. The number of hydrogen-bond donors (Lipinski definition) is 0. The van der Waals surface area contributed by atoms with Crippen LogP contribution in [0.4, 0.5) is 0 Å². The molecule has 0 fully saturated rings. The fourth-order valence-electron chi connectivity index (χ4n) is 1.96. The molecule has 0 unspecified atom stereocenters. The van der Waals surface area contributed by atoms with Gasteiger partial charge in [-0.1, -0.05) is 49.8 Å². The van der Waals surface area contributed by atoms with Gasteiger partial charge in [0.25, 0.3) is 0 Å². The molecule has 0 saturated carbocycles. The molecule has 1 rings (SSSR count). The zero-order valence-corrected chi connectivity index (χ0v) is 13.1. The van der Waals surface area contributed by atoms with Gasteiger partial charge in [0.2, 0.25) is 10.0 Å². The first-order valence-corrected chi connectivity index (χ1v) is 8.46. The van der Waals surface area contributed by atoms with Crippen molar-refractivity contribution in [3.05, 3.63) is 29.8 Å². The number of hydrogen-bond acceptors (Lipinski definition) is 2. The Morgan fingerprint density at radius 3 is 2.35 bits per heavy atom. The first-order valence-electron chi connectivity index (χ1n) is 7.02. The second-order valence-corrected chi connectivity index (χ2v) is 6.85. The van der Waals surface area contributed by atoms with Crippen molar-refractivity contribution < 1.29 is 8.42 Å². The monoisotopic (exact) mass is 293 g/mol. The second-order valence-electron chi connectivity index (χ2n) is 4.92. The molecule has 3 nitrogen and oxygen atoms in total. The van der Waals surface area contributed by atoms with Crippen molar-refractivity contribution in [1.82, 2.24) is 4.31 Å². The molecular weight excluding hydrogens is 270 g/mol. The van der Waals surface area contributed by atoms with E-state index in [4.69, 9.17) is 6.42 Å². The van der Waals surface area contributed by atoms with E-state index in [9.17, 15) is 8.42 Å². The number of unbranched alkanes of at least 4 members (excludes halogenated alkanes) is 3. The van der Waals surface area contributed by atoms with Crippen LogP contribution in [0.5, 0.6) is 0 Å². The topological polar surface area (TPSA) is 37.4 Å². The lowest BCUT2D eigenvalue weighted by molar-refractivity contribution is 0.430. The molecule has 0 bridgehead atoms. The highest BCUT2D eigenvalue weighted by molar-refractivity contribution is 7.89. The highest BCUT2D eigenvalue weighted by Crippen LogP contribution is 2.17. The Hall–Kier alpha value is -1.31. The van der Waals surface area contributed by atoms with E-state index in [1.54, 1.807) is 24.3 Å². The Morgan fingerprint density at radius 1 is 1.15 bits per heavy atom. The average Bonchev–Trinajstić information content (AvgIpc) is 2.42. The number of aryl methyl sites for hydroxylation is 1. The zero-order valence-electron chi connectivity index (χ0n) is 12.3. The molecule has 4 heteroatoms. The maximum atomic E-state index is 12.5. The standard InChI is InChI=1S/C16H23NO2S/c1-4-6-7-8-14-17(13-5-2)20(18,19)16-11-9-15(3)10-12-16/h2,9-12H,4,6-8,13-14H2,1,3H3. The zero-order chi connectivity index (χ0) is 15.0. The van der Waals surface area contributed by atoms with E-state index in [1.165, 1.54) is 4.31 Å². The van der Waals surface area contributed by atoms with E-state index in [-0.39, 0.29) is 6.54 Å². The van der Waals surface area contributed by atoms with E-state index in [0.717, 1.165) is 31.2 Å². The maximum Gasteiger partial charge on any atom is 0.243 e. The summed E-state index contributed by atoms with van der Waals surface area (Å²) >= 11 is 0. The molecule has 0 saturated heterocycles. The summed E-state index contributed by atoms with van der Waals surface area (Å²) < 4.78 is 26.5. The van der Waals surface area contributed by atoms with Gasteiger partial charge in [-0.05, 0) is 25.5 Å². The summed E-state index contributed by atoms with van der Waals surface area (Å²) in [5.41, 5.74) is 1.04. The molecule has 0 aromatic heterocycles. The third-order valence-electron chi connectivity index (χ3n) is 3.19. The van der Waals surface area contributed by atoms with Crippen LogP contribution in [0.3, 0.4) is 0 Å². The molecule has 0 N–H and O–H groups in total. The Balaban J connectivity index is 2.83. The normalized spacial score (nSPS) is 11.5. The Morgan fingerprint density at radius 2 is 1.80 bits per heavy atom. The minimum absolute atomic E-state index is 0.127. The highest BCUT2D eigenvalue weighted by atomic mass is 32.2. The quantitative estimate of drug-likeness (QED) is 0.545. The van der Waals surface area contributed by atoms with Crippen molar-refractivity contribution in [1.29, 1.82) is 0 Å². The van der Waals surface area contributed by atoms with Crippen molar-refractivity contribution in [2.45, 2.75) is 44.4 Å². The van der Waals surface area contributed by atoms with Crippen LogP contribution in [0.25, 0.3) is 0 Å². The molecule has 0 spiro atoms. The minimum atomic E-state index is -3.48. The average molecular weight is 293 g/mol. The summed E-state index contributed by atoms with van der Waals surface area (Å²) in [6.07, 6.45) is 9.42. The summed E-state index contributed by atoms with van der Waals surface area (Å²) in [6, 6.07) is 6.89. The van der Waals surface area contributed by atoms with Crippen LogP contribution in [0.2, 0.25) is 0 Å². The highest BCUT2D eigenvalue weighted by Gasteiger charge is 2.22.